The maximum Gasteiger partial charge on any atom is 0.261 e. The molecule has 0 unspecified atom stereocenters. The Hall–Kier alpha value is -1.84. The second-order valence-corrected chi connectivity index (χ2v) is 5.72. The molecule has 0 fully saturated rings. The van der Waals surface area contributed by atoms with Crippen molar-refractivity contribution in [3.8, 4) is 17.2 Å². The summed E-state index contributed by atoms with van der Waals surface area (Å²) in [6.07, 6.45) is 0.739. The van der Waals surface area contributed by atoms with Gasteiger partial charge in [0.05, 0.1) is 5.56 Å². The van der Waals surface area contributed by atoms with Crippen LogP contribution in [0.25, 0.3) is 11.5 Å². The molecular formula is C14H18N2O2. The van der Waals surface area contributed by atoms with Gasteiger partial charge in [-0.05, 0) is 24.0 Å². The van der Waals surface area contributed by atoms with Crippen molar-refractivity contribution in [3.05, 3.63) is 29.6 Å². The predicted molar refractivity (Wildman–Crippen MR) is 69.3 cm³/mol. The molecule has 2 aromatic rings. The molecule has 0 saturated heterocycles. The Balaban J connectivity index is 2.33. The summed E-state index contributed by atoms with van der Waals surface area (Å²) in [6.45, 7) is 8.19. The quantitative estimate of drug-likeness (QED) is 0.882. The fraction of sp³-hybridized carbons (Fsp3) is 0.429. The number of hydrogen-bond acceptors (Lipinski definition) is 4. The molecule has 0 aliphatic rings. The third-order valence-electron chi connectivity index (χ3n) is 2.62. The van der Waals surface area contributed by atoms with Crippen LogP contribution in [0.4, 0.5) is 0 Å². The fourth-order valence-corrected chi connectivity index (χ4v) is 1.74. The molecule has 0 aliphatic carbocycles. The van der Waals surface area contributed by atoms with Gasteiger partial charge in [-0.25, -0.2) is 0 Å². The van der Waals surface area contributed by atoms with Gasteiger partial charge in [0.1, 0.15) is 5.75 Å². The van der Waals surface area contributed by atoms with Gasteiger partial charge in [0.2, 0.25) is 0 Å². The lowest BCUT2D eigenvalue weighted by Gasteiger charge is -2.14. The largest absolute Gasteiger partial charge is 0.507 e. The number of phenols is 1. The van der Waals surface area contributed by atoms with Gasteiger partial charge in [-0.2, -0.15) is 4.98 Å². The fourth-order valence-electron chi connectivity index (χ4n) is 1.74. The lowest BCUT2D eigenvalue weighted by molar-refractivity contribution is 0.374. The second kappa shape index (κ2) is 4.44. The van der Waals surface area contributed by atoms with Crippen molar-refractivity contribution in [3.63, 3.8) is 0 Å². The summed E-state index contributed by atoms with van der Waals surface area (Å²) in [7, 11) is 0. The highest BCUT2D eigenvalue weighted by molar-refractivity contribution is 5.64. The van der Waals surface area contributed by atoms with Crippen LogP contribution in [0, 0.1) is 12.3 Å². The number of rotatable bonds is 2. The van der Waals surface area contributed by atoms with Crippen LogP contribution in [-0.4, -0.2) is 15.2 Å². The third-order valence-corrected chi connectivity index (χ3v) is 2.62. The maximum absolute atomic E-state index is 9.97. The van der Waals surface area contributed by atoms with Crippen molar-refractivity contribution < 1.29 is 9.63 Å². The van der Waals surface area contributed by atoms with E-state index >= 15 is 0 Å². The van der Waals surface area contributed by atoms with Gasteiger partial charge in [-0.15, -0.1) is 0 Å². The minimum atomic E-state index is 0.107. The average Bonchev–Trinajstić information content (AvgIpc) is 2.68. The summed E-state index contributed by atoms with van der Waals surface area (Å²) in [6, 6.07) is 5.47. The van der Waals surface area contributed by atoms with Crippen LogP contribution in [0.5, 0.6) is 5.75 Å². The summed E-state index contributed by atoms with van der Waals surface area (Å²) < 4.78 is 5.21. The van der Waals surface area contributed by atoms with E-state index < -0.39 is 0 Å². The number of nitrogens with zero attached hydrogens (tertiary/aromatic N) is 2. The Bertz CT molecular complexity index is 553. The standard InChI is InChI=1S/C14H18N2O2/c1-9-6-5-7-10(12(9)17)13-15-11(16-18-13)8-14(2,3)4/h5-7,17H,8H2,1-4H3. The van der Waals surface area contributed by atoms with Crippen LogP contribution in [0.1, 0.15) is 32.2 Å². The van der Waals surface area contributed by atoms with Crippen molar-refractivity contribution in [2.24, 2.45) is 5.41 Å². The minimum absolute atomic E-state index is 0.107. The van der Waals surface area contributed by atoms with Gasteiger partial charge in [0, 0.05) is 6.42 Å². The summed E-state index contributed by atoms with van der Waals surface area (Å²) in [4.78, 5) is 4.33. The van der Waals surface area contributed by atoms with Gasteiger partial charge in [0.15, 0.2) is 5.82 Å². The monoisotopic (exact) mass is 246 g/mol. The Morgan fingerprint density at radius 2 is 2.00 bits per heavy atom. The van der Waals surface area contributed by atoms with Crippen LogP contribution in [-0.2, 0) is 6.42 Å². The van der Waals surface area contributed by atoms with Crippen LogP contribution < -0.4 is 0 Å². The Kier molecular flexibility index (Phi) is 3.11. The first-order valence-electron chi connectivity index (χ1n) is 5.98. The van der Waals surface area contributed by atoms with Crippen LogP contribution in [0.3, 0.4) is 0 Å². The first kappa shape index (κ1) is 12.6. The molecule has 0 atom stereocenters. The first-order chi connectivity index (χ1) is 8.37. The van der Waals surface area contributed by atoms with Crippen molar-refractivity contribution in [1.29, 1.82) is 0 Å². The minimum Gasteiger partial charge on any atom is -0.507 e. The molecule has 0 aliphatic heterocycles. The normalized spacial score (nSPS) is 11.8. The Morgan fingerprint density at radius 3 is 2.67 bits per heavy atom. The van der Waals surface area contributed by atoms with Gasteiger partial charge in [-0.3, -0.25) is 0 Å². The number of aromatic hydroxyl groups is 1. The summed E-state index contributed by atoms with van der Waals surface area (Å²) in [5, 5.41) is 13.9. The smallest absolute Gasteiger partial charge is 0.261 e. The van der Waals surface area contributed by atoms with E-state index in [-0.39, 0.29) is 11.2 Å². The molecule has 4 nitrogen and oxygen atoms in total. The van der Waals surface area contributed by atoms with Crippen molar-refractivity contribution in [2.75, 3.05) is 0 Å². The van der Waals surface area contributed by atoms with Crippen molar-refractivity contribution in [2.45, 2.75) is 34.1 Å². The lowest BCUT2D eigenvalue weighted by Crippen LogP contribution is -2.10. The van der Waals surface area contributed by atoms with Gasteiger partial charge < -0.3 is 9.63 Å². The number of phenolic OH excluding ortho intramolecular Hbond substituents is 1. The molecule has 96 valence electrons. The zero-order chi connectivity index (χ0) is 13.3. The van der Waals surface area contributed by atoms with E-state index in [1.165, 1.54) is 0 Å². The Morgan fingerprint density at radius 1 is 1.28 bits per heavy atom. The number of aromatic nitrogens is 2. The average molecular weight is 246 g/mol. The predicted octanol–water partition coefficient (Wildman–Crippen LogP) is 3.34. The molecule has 0 saturated carbocycles. The molecule has 0 bridgehead atoms. The molecule has 0 radical (unpaired) electrons. The number of benzene rings is 1. The van der Waals surface area contributed by atoms with Crippen LogP contribution in [0.2, 0.25) is 0 Å². The van der Waals surface area contributed by atoms with E-state index in [0.717, 1.165) is 12.0 Å². The lowest BCUT2D eigenvalue weighted by atomic mass is 9.92. The number of para-hydroxylation sites is 1. The SMILES string of the molecule is Cc1cccc(-c2nc(CC(C)(C)C)no2)c1O. The van der Waals surface area contributed by atoms with E-state index in [1.807, 2.05) is 19.1 Å². The first-order valence-corrected chi connectivity index (χ1v) is 5.98. The summed E-state index contributed by atoms with van der Waals surface area (Å²) in [5.74, 6) is 1.23. The van der Waals surface area contributed by atoms with Gasteiger partial charge in [0.25, 0.3) is 5.89 Å². The molecule has 1 N–H and O–H groups in total. The Labute approximate surface area is 107 Å². The highest BCUT2D eigenvalue weighted by Gasteiger charge is 2.18. The zero-order valence-electron chi connectivity index (χ0n) is 11.2. The molecule has 18 heavy (non-hydrogen) atoms. The zero-order valence-corrected chi connectivity index (χ0v) is 11.2. The number of aryl methyl sites for hydroxylation is 1. The molecule has 1 aromatic heterocycles. The highest BCUT2D eigenvalue weighted by atomic mass is 16.5. The molecule has 0 amide bonds. The van der Waals surface area contributed by atoms with E-state index in [4.69, 9.17) is 4.52 Å². The molecule has 2 rings (SSSR count). The maximum atomic E-state index is 9.97. The van der Waals surface area contributed by atoms with Crippen molar-refractivity contribution in [1.82, 2.24) is 10.1 Å². The molecule has 4 heteroatoms. The molecular weight excluding hydrogens is 228 g/mol. The topological polar surface area (TPSA) is 59.2 Å². The van der Waals surface area contributed by atoms with Crippen LogP contribution in [0.15, 0.2) is 22.7 Å². The van der Waals surface area contributed by atoms with E-state index in [0.29, 0.717) is 17.3 Å². The molecule has 1 aromatic carbocycles. The van der Waals surface area contributed by atoms with Gasteiger partial charge >= 0.3 is 0 Å². The van der Waals surface area contributed by atoms with E-state index in [9.17, 15) is 5.11 Å². The van der Waals surface area contributed by atoms with Crippen molar-refractivity contribution >= 4 is 0 Å². The second-order valence-electron chi connectivity index (χ2n) is 5.72. The van der Waals surface area contributed by atoms with E-state index in [1.54, 1.807) is 6.07 Å². The number of hydrogen-bond donors (Lipinski definition) is 1. The summed E-state index contributed by atoms with van der Waals surface area (Å²) in [5.41, 5.74) is 1.49. The molecule has 1 heterocycles. The third kappa shape index (κ3) is 2.70. The van der Waals surface area contributed by atoms with E-state index in [2.05, 4.69) is 30.9 Å². The molecule has 0 spiro atoms. The highest BCUT2D eigenvalue weighted by Crippen LogP contribution is 2.31. The summed E-state index contributed by atoms with van der Waals surface area (Å²) >= 11 is 0. The van der Waals surface area contributed by atoms with Crippen LogP contribution >= 0.6 is 0 Å². The van der Waals surface area contributed by atoms with Gasteiger partial charge in [-0.1, -0.05) is 38.1 Å².